The average Bonchev–Trinajstić information content (AvgIpc) is 3.36. The molecule has 0 spiro atoms. The van der Waals surface area contributed by atoms with E-state index in [-0.39, 0.29) is 0 Å². The molecular formula is C22H31N3O2. The molecule has 2 aliphatic carbocycles. The van der Waals surface area contributed by atoms with Crippen LogP contribution < -0.4 is 10.2 Å². The van der Waals surface area contributed by atoms with E-state index in [0.29, 0.717) is 42.0 Å². The number of hydrogen-bond acceptors (Lipinski definition) is 5. The Morgan fingerprint density at radius 2 is 2.00 bits per heavy atom. The molecule has 3 atom stereocenters. The number of aromatic nitrogens is 1. The maximum Gasteiger partial charge on any atom is 0.172 e. The van der Waals surface area contributed by atoms with Crippen molar-refractivity contribution in [3.63, 3.8) is 0 Å². The van der Waals surface area contributed by atoms with Crippen LogP contribution >= 0.6 is 0 Å². The molecule has 0 saturated heterocycles. The Bertz CT molecular complexity index is 684. The van der Waals surface area contributed by atoms with E-state index in [9.17, 15) is 4.79 Å². The molecular weight excluding hydrogens is 338 g/mol. The van der Waals surface area contributed by atoms with Crippen LogP contribution in [0.3, 0.4) is 0 Å². The highest BCUT2D eigenvalue weighted by Gasteiger charge is 2.37. The summed E-state index contributed by atoms with van der Waals surface area (Å²) in [5.41, 5.74) is 5.59. The Kier molecular flexibility index (Phi) is 5.77. The predicted octanol–water partition coefficient (Wildman–Crippen LogP) is 4.11. The van der Waals surface area contributed by atoms with Gasteiger partial charge in [-0.3, -0.25) is 4.79 Å². The van der Waals surface area contributed by atoms with E-state index in [1.807, 2.05) is 12.1 Å². The highest BCUT2D eigenvalue weighted by Crippen LogP contribution is 2.40. The number of ether oxygens (including phenoxy) is 1. The van der Waals surface area contributed by atoms with Gasteiger partial charge in [-0.1, -0.05) is 25.7 Å². The molecule has 0 bridgehead atoms. The van der Waals surface area contributed by atoms with Crippen LogP contribution in [0.4, 0.5) is 0 Å². The van der Waals surface area contributed by atoms with Gasteiger partial charge in [-0.2, -0.15) is 0 Å². The van der Waals surface area contributed by atoms with Crippen molar-refractivity contribution in [2.75, 3.05) is 6.61 Å². The van der Waals surface area contributed by atoms with Gasteiger partial charge < -0.3 is 9.75 Å². The van der Waals surface area contributed by atoms with E-state index in [1.165, 1.54) is 57.1 Å². The Morgan fingerprint density at radius 3 is 2.81 bits per heavy atom. The number of nitrogens with zero attached hydrogens (tertiary/aromatic N) is 2. The van der Waals surface area contributed by atoms with Crippen LogP contribution in [0, 0.1) is 11.8 Å². The molecule has 1 aromatic heterocycles. The number of hydrogen-bond donors (Lipinski definition) is 1. The topological polar surface area (TPSA) is 54.5 Å². The summed E-state index contributed by atoms with van der Waals surface area (Å²) in [6.07, 6.45) is 15.1. The maximum absolute atomic E-state index is 11.2. The van der Waals surface area contributed by atoms with Crippen LogP contribution in [0.2, 0.25) is 0 Å². The number of hydrazine groups is 1. The monoisotopic (exact) mass is 369 g/mol. The van der Waals surface area contributed by atoms with Crippen LogP contribution in [-0.4, -0.2) is 35.0 Å². The van der Waals surface area contributed by atoms with Crippen LogP contribution in [0.25, 0.3) is 0 Å². The molecule has 146 valence electrons. The molecule has 2 fully saturated rings. The molecule has 1 aromatic rings. The summed E-state index contributed by atoms with van der Waals surface area (Å²) in [4.78, 5) is 15.3. The summed E-state index contributed by atoms with van der Waals surface area (Å²) >= 11 is 0. The van der Waals surface area contributed by atoms with Gasteiger partial charge in [-0.15, -0.1) is 0 Å². The Hall–Kier alpha value is -1.88. The third-order valence-corrected chi connectivity index (χ3v) is 6.38. The largest absolute Gasteiger partial charge is 0.491 e. The van der Waals surface area contributed by atoms with Gasteiger partial charge in [0.1, 0.15) is 11.4 Å². The predicted molar refractivity (Wildman–Crippen MR) is 105 cm³/mol. The molecule has 1 aliphatic heterocycles. The lowest BCUT2D eigenvalue weighted by molar-refractivity contribution is 0.107. The molecule has 27 heavy (non-hydrogen) atoms. The number of nitrogens with one attached hydrogen (secondary N) is 1. The van der Waals surface area contributed by atoms with Gasteiger partial charge in [0.2, 0.25) is 0 Å². The van der Waals surface area contributed by atoms with E-state index in [4.69, 9.17) is 4.74 Å². The summed E-state index contributed by atoms with van der Waals surface area (Å²) in [7, 11) is 0. The minimum Gasteiger partial charge on any atom is -0.491 e. The van der Waals surface area contributed by atoms with Gasteiger partial charge in [-0.05, 0) is 50.8 Å². The first-order valence-electron chi connectivity index (χ1n) is 10.6. The van der Waals surface area contributed by atoms with Crippen LogP contribution in [0.15, 0.2) is 30.1 Å². The van der Waals surface area contributed by atoms with Gasteiger partial charge >= 0.3 is 0 Å². The molecule has 5 heteroatoms. The number of carbonyl (C=O) groups is 1. The van der Waals surface area contributed by atoms with Crippen molar-refractivity contribution in [1.82, 2.24) is 15.4 Å². The molecule has 0 aromatic carbocycles. The quantitative estimate of drug-likeness (QED) is 0.765. The normalized spacial score (nSPS) is 29.0. The van der Waals surface area contributed by atoms with Crippen molar-refractivity contribution in [2.45, 2.75) is 70.4 Å². The molecule has 3 aliphatic rings. The first-order chi connectivity index (χ1) is 13.3. The number of pyridine rings is 1. The van der Waals surface area contributed by atoms with E-state index in [2.05, 4.69) is 28.4 Å². The van der Waals surface area contributed by atoms with Crippen LogP contribution in [-0.2, 0) is 0 Å². The lowest BCUT2D eigenvalue weighted by Gasteiger charge is -2.39. The van der Waals surface area contributed by atoms with E-state index in [1.54, 1.807) is 6.20 Å². The standard InChI is InChI=1S/C22H31N3O2/c1-16-13-21(25(24-16)18-8-3-4-9-18)19-10-5-2-7-17(19)15-27-22-11-6-12-23-20(22)14-26/h6,11-14,16-19,24H,2-5,7-10,15H2,1H3. The minimum absolute atomic E-state index is 0.396. The van der Waals surface area contributed by atoms with Crippen LogP contribution in [0.1, 0.15) is 68.8 Å². The molecule has 2 heterocycles. The Balaban J connectivity index is 1.48. The number of aldehydes is 1. The van der Waals surface area contributed by atoms with Gasteiger partial charge in [0.15, 0.2) is 6.29 Å². The van der Waals surface area contributed by atoms with Gasteiger partial charge in [0, 0.05) is 35.8 Å². The fourth-order valence-corrected chi connectivity index (χ4v) is 5.06. The lowest BCUT2D eigenvalue weighted by atomic mass is 9.77. The lowest BCUT2D eigenvalue weighted by Crippen LogP contribution is -2.45. The van der Waals surface area contributed by atoms with Crippen molar-refractivity contribution < 1.29 is 9.53 Å². The van der Waals surface area contributed by atoms with Crippen molar-refractivity contribution in [3.8, 4) is 5.75 Å². The Labute approximate surface area is 162 Å². The van der Waals surface area contributed by atoms with E-state index >= 15 is 0 Å². The zero-order valence-corrected chi connectivity index (χ0v) is 16.3. The number of carbonyl (C=O) groups excluding carboxylic acids is 1. The molecule has 0 radical (unpaired) electrons. The number of rotatable bonds is 6. The van der Waals surface area contributed by atoms with Crippen molar-refractivity contribution in [2.24, 2.45) is 11.8 Å². The average molecular weight is 370 g/mol. The summed E-state index contributed by atoms with van der Waals surface area (Å²) < 4.78 is 6.08. The second-order valence-corrected chi connectivity index (χ2v) is 8.28. The summed E-state index contributed by atoms with van der Waals surface area (Å²) in [5.74, 6) is 1.63. The van der Waals surface area contributed by atoms with Gasteiger partial charge in [0.25, 0.3) is 0 Å². The molecule has 3 unspecified atom stereocenters. The summed E-state index contributed by atoms with van der Waals surface area (Å²) in [6.45, 7) is 2.90. The summed E-state index contributed by atoms with van der Waals surface area (Å²) in [5, 5.41) is 2.50. The van der Waals surface area contributed by atoms with Crippen molar-refractivity contribution in [3.05, 3.63) is 35.8 Å². The second-order valence-electron chi connectivity index (χ2n) is 8.28. The fourth-order valence-electron chi connectivity index (χ4n) is 5.06. The van der Waals surface area contributed by atoms with Crippen molar-refractivity contribution >= 4 is 6.29 Å². The third kappa shape index (κ3) is 4.03. The third-order valence-electron chi connectivity index (χ3n) is 6.38. The minimum atomic E-state index is 0.396. The van der Waals surface area contributed by atoms with E-state index < -0.39 is 0 Å². The molecule has 5 nitrogen and oxygen atoms in total. The molecule has 2 saturated carbocycles. The first kappa shape index (κ1) is 18.5. The maximum atomic E-state index is 11.2. The zero-order chi connectivity index (χ0) is 18.6. The molecule has 0 amide bonds. The van der Waals surface area contributed by atoms with Gasteiger partial charge in [0.05, 0.1) is 6.61 Å². The number of allylic oxidation sites excluding steroid dienone is 1. The summed E-state index contributed by atoms with van der Waals surface area (Å²) in [6, 6.07) is 4.72. The van der Waals surface area contributed by atoms with E-state index in [0.717, 1.165) is 6.29 Å². The zero-order valence-electron chi connectivity index (χ0n) is 16.3. The second kappa shape index (κ2) is 8.42. The molecule has 4 rings (SSSR count). The SMILES string of the molecule is CC1C=C(C2CCCCC2COc2cccnc2C=O)N(C2CCCC2)N1. The fraction of sp³-hybridized carbons (Fsp3) is 0.636. The van der Waals surface area contributed by atoms with Crippen LogP contribution in [0.5, 0.6) is 5.75 Å². The van der Waals surface area contributed by atoms with Crippen molar-refractivity contribution in [1.29, 1.82) is 0 Å². The highest BCUT2D eigenvalue weighted by atomic mass is 16.5. The van der Waals surface area contributed by atoms with Gasteiger partial charge in [-0.25, -0.2) is 10.4 Å². The smallest absolute Gasteiger partial charge is 0.172 e. The Morgan fingerprint density at radius 1 is 1.22 bits per heavy atom. The molecule has 1 N–H and O–H groups in total. The first-order valence-corrected chi connectivity index (χ1v) is 10.6. The highest BCUT2D eigenvalue weighted by molar-refractivity contribution is 5.75.